The Morgan fingerprint density at radius 1 is 1.17 bits per heavy atom. The number of aryl methyl sites for hydroxylation is 2. The third-order valence-electron chi connectivity index (χ3n) is 3.87. The van der Waals surface area contributed by atoms with Crippen molar-refractivity contribution in [3.05, 3.63) is 16.8 Å². The molecule has 0 unspecified atom stereocenters. The second-order valence-corrected chi connectivity index (χ2v) is 9.27. The van der Waals surface area contributed by atoms with Crippen LogP contribution in [0.15, 0.2) is 6.07 Å². The number of nitrogens with zero attached hydrogens (tertiary/aromatic N) is 4. The Labute approximate surface area is 146 Å². The summed E-state index contributed by atoms with van der Waals surface area (Å²) in [4.78, 5) is 13.5. The van der Waals surface area contributed by atoms with Gasteiger partial charge in [-0.1, -0.05) is 0 Å². The molecule has 2 aromatic rings. The zero-order chi connectivity index (χ0) is 17.5. The van der Waals surface area contributed by atoms with E-state index < -0.39 is 10.2 Å². The van der Waals surface area contributed by atoms with E-state index in [1.807, 2.05) is 20.8 Å². The Morgan fingerprint density at radius 3 is 2.46 bits per heavy atom. The number of anilines is 1. The largest absolute Gasteiger partial charge is 0.353 e. The smallest absolute Gasteiger partial charge is 0.279 e. The van der Waals surface area contributed by atoms with Crippen LogP contribution in [0.25, 0.3) is 10.2 Å². The topological polar surface area (TPSA) is 78.4 Å². The van der Waals surface area contributed by atoms with Gasteiger partial charge in [0.25, 0.3) is 10.2 Å². The predicted octanol–water partition coefficient (Wildman–Crippen LogP) is 1.67. The highest BCUT2D eigenvalue weighted by molar-refractivity contribution is 7.87. The summed E-state index contributed by atoms with van der Waals surface area (Å²) in [6.45, 7) is 9.77. The van der Waals surface area contributed by atoms with Gasteiger partial charge in [0.2, 0.25) is 0 Å². The Kier molecular flexibility index (Phi) is 4.78. The van der Waals surface area contributed by atoms with E-state index in [1.165, 1.54) is 9.18 Å². The van der Waals surface area contributed by atoms with Gasteiger partial charge in [0.1, 0.15) is 16.5 Å². The van der Waals surface area contributed by atoms with Crippen molar-refractivity contribution in [3.8, 4) is 0 Å². The van der Waals surface area contributed by atoms with Crippen LogP contribution in [0, 0.1) is 13.8 Å². The summed E-state index contributed by atoms with van der Waals surface area (Å²) in [5.74, 6) is 1.66. The number of nitrogens with one attached hydrogen (secondary N) is 1. The SMILES string of the molecule is Cc1nc(N2CCN(S(=O)(=O)NC(C)C)CC2)c2cc(C)sc2n1. The van der Waals surface area contributed by atoms with Crippen LogP contribution in [-0.4, -0.2) is 54.9 Å². The predicted molar refractivity (Wildman–Crippen MR) is 97.9 cm³/mol. The molecule has 24 heavy (non-hydrogen) atoms. The Morgan fingerprint density at radius 2 is 1.83 bits per heavy atom. The molecule has 1 aliphatic rings. The first-order chi connectivity index (χ1) is 11.3. The molecule has 3 heterocycles. The average Bonchev–Trinajstić information content (AvgIpc) is 2.85. The highest BCUT2D eigenvalue weighted by Gasteiger charge is 2.28. The second kappa shape index (κ2) is 6.55. The quantitative estimate of drug-likeness (QED) is 0.887. The molecule has 1 saturated heterocycles. The second-order valence-electron chi connectivity index (χ2n) is 6.33. The monoisotopic (exact) mass is 369 g/mol. The number of hydrogen-bond donors (Lipinski definition) is 1. The van der Waals surface area contributed by atoms with Crippen LogP contribution in [0.1, 0.15) is 24.5 Å². The van der Waals surface area contributed by atoms with Crippen molar-refractivity contribution in [3.63, 3.8) is 0 Å². The van der Waals surface area contributed by atoms with Crippen LogP contribution in [-0.2, 0) is 10.2 Å². The fourth-order valence-electron chi connectivity index (χ4n) is 2.88. The van der Waals surface area contributed by atoms with Crippen LogP contribution in [0.5, 0.6) is 0 Å². The molecule has 1 N–H and O–H groups in total. The lowest BCUT2D eigenvalue weighted by molar-refractivity contribution is 0.375. The molecule has 0 aliphatic carbocycles. The minimum atomic E-state index is -3.41. The van der Waals surface area contributed by atoms with E-state index in [-0.39, 0.29) is 6.04 Å². The lowest BCUT2D eigenvalue weighted by atomic mass is 10.3. The number of thiophene rings is 1. The third kappa shape index (κ3) is 3.53. The first kappa shape index (κ1) is 17.5. The van der Waals surface area contributed by atoms with Gasteiger partial charge in [-0.2, -0.15) is 17.4 Å². The number of piperazine rings is 1. The highest BCUT2D eigenvalue weighted by Crippen LogP contribution is 2.31. The van der Waals surface area contributed by atoms with E-state index in [4.69, 9.17) is 0 Å². The van der Waals surface area contributed by atoms with Gasteiger partial charge in [-0.05, 0) is 33.8 Å². The number of hydrogen-bond acceptors (Lipinski definition) is 6. The standard InChI is InChI=1S/C15H23N5O2S2/c1-10(2)18-24(21,22)20-7-5-19(6-8-20)14-13-9-11(3)23-15(13)17-12(4)16-14/h9-10,18H,5-8H2,1-4H3. The van der Waals surface area contributed by atoms with E-state index in [9.17, 15) is 8.42 Å². The normalized spacial score (nSPS) is 17.1. The van der Waals surface area contributed by atoms with Crippen LogP contribution in [0.2, 0.25) is 0 Å². The van der Waals surface area contributed by atoms with Crippen molar-refractivity contribution in [2.24, 2.45) is 0 Å². The summed E-state index contributed by atoms with van der Waals surface area (Å²) in [6, 6.07) is 2.00. The summed E-state index contributed by atoms with van der Waals surface area (Å²) in [5.41, 5.74) is 0. The van der Waals surface area contributed by atoms with Crippen LogP contribution in [0.4, 0.5) is 5.82 Å². The van der Waals surface area contributed by atoms with Crippen LogP contribution >= 0.6 is 11.3 Å². The van der Waals surface area contributed by atoms with Crippen molar-refractivity contribution < 1.29 is 8.42 Å². The van der Waals surface area contributed by atoms with Gasteiger partial charge in [-0.25, -0.2) is 9.97 Å². The minimum Gasteiger partial charge on any atom is -0.353 e. The maximum Gasteiger partial charge on any atom is 0.279 e. The fourth-order valence-corrected chi connectivity index (χ4v) is 5.19. The molecule has 0 saturated carbocycles. The van der Waals surface area contributed by atoms with Gasteiger partial charge in [0.05, 0.1) is 5.39 Å². The summed E-state index contributed by atoms with van der Waals surface area (Å²) < 4.78 is 28.7. The molecule has 0 atom stereocenters. The first-order valence-electron chi connectivity index (χ1n) is 8.03. The van der Waals surface area contributed by atoms with Crippen molar-refractivity contribution in [2.45, 2.75) is 33.7 Å². The molecule has 7 nitrogen and oxygen atoms in total. The van der Waals surface area contributed by atoms with E-state index in [2.05, 4.69) is 32.6 Å². The molecule has 0 spiro atoms. The van der Waals surface area contributed by atoms with E-state index in [0.29, 0.717) is 26.2 Å². The Hall–Kier alpha value is -1.29. The summed E-state index contributed by atoms with van der Waals surface area (Å²) >= 11 is 1.66. The Bertz CT molecular complexity index is 839. The summed E-state index contributed by atoms with van der Waals surface area (Å²) in [7, 11) is -3.41. The van der Waals surface area contributed by atoms with Crippen molar-refractivity contribution in [1.82, 2.24) is 19.0 Å². The average molecular weight is 370 g/mol. The zero-order valence-electron chi connectivity index (χ0n) is 14.4. The van der Waals surface area contributed by atoms with E-state index >= 15 is 0 Å². The highest BCUT2D eigenvalue weighted by atomic mass is 32.2. The molecule has 0 bridgehead atoms. The molecule has 0 amide bonds. The molecule has 3 rings (SSSR count). The molecular weight excluding hydrogens is 346 g/mol. The lowest BCUT2D eigenvalue weighted by Gasteiger charge is -2.35. The molecule has 1 aliphatic heterocycles. The molecule has 2 aromatic heterocycles. The maximum absolute atomic E-state index is 12.3. The summed E-state index contributed by atoms with van der Waals surface area (Å²) in [5, 5.41) is 1.06. The molecule has 9 heteroatoms. The van der Waals surface area contributed by atoms with E-state index in [0.717, 1.165) is 21.9 Å². The third-order valence-corrected chi connectivity index (χ3v) is 6.63. The van der Waals surface area contributed by atoms with Crippen LogP contribution in [0.3, 0.4) is 0 Å². The number of rotatable bonds is 4. The van der Waals surface area contributed by atoms with E-state index in [1.54, 1.807) is 11.3 Å². The van der Waals surface area contributed by atoms with Crippen molar-refractivity contribution in [2.75, 3.05) is 31.1 Å². The lowest BCUT2D eigenvalue weighted by Crippen LogP contribution is -2.53. The van der Waals surface area contributed by atoms with Gasteiger partial charge < -0.3 is 4.90 Å². The molecule has 0 radical (unpaired) electrons. The molecule has 132 valence electrons. The van der Waals surface area contributed by atoms with Gasteiger partial charge >= 0.3 is 0 Å². The minimum absolute atomic E-state index is 0.106. The molecule has 1 fully saturated rings. The van der Waals surface area contributed by atoms with Gasteiger partial charge in [0.15, 0.2) is 0 Å². The number of aromatic nitrogens is 2. The Balaban J connectivity index is 1.80. The van der Waals surface area contributed by atoms with Gasteiger partial charge in [-0.15, -0.1) is 11.3 Å². The molecule has 0 aromatic carbocycles. The van der Waals surface area contributed by atoms with Crippen LogP contribution < -0.4 is 9.62 Å². The first-order valence-corrected chi connectivity index (χ1v) is 10.3. The maximum atomic E-state index is 12.3. The van der Waals surface area contributed by atoms with Gasteiger partial charge in [0, 0.05) is 37.1 Å². The molecular formula is C15H23N5O2S2. The van der Waals surface area contributed by atoms with Crippen molar-refractivity contribution >= 4 is 37.6 Å². The van der Waals surface area contributed by atoms with Gasteiger partial charge in [-0.3, -0.25) is 0 Å². The summed E-state index contributed by atoms with van der Waals surface area (Å²) in [6.07, 6.45) is 0. The zero-order valence-corrected chi connectivity index (χ0v) is 16.0. The fraction of sp³-hybridized carbons (Fsp3) is 0.600. The number of fused-ring (bicyclic) bond motifs is 1. The van der Waals surface area contributed by atoms with Crippen molar-refractivity contribution in [1.29, 1.82) is 0 Å².